The Hall–Kier alpha value is -2.79. The van der Waals surface area contributed by atoms with E-state index in [4.69, 9.17) is 16.7 Å². The maximum Gasteiger partial charge on any atom is 0.335 e. The van der Waals surface area contributed by atoms with Crippen molar-refractivity contribution in [2.24, 2.45) is 0 Å². The Balaban J connectivity index is 2.12. The number of hydrogen-bond donors (Lipinski definition) is 2. The molecular weight excluding hydrogens is 364 g/mol. The van der Waals surface area contributed by atoms with E-state index in [9.17, 15) is 9.59 Å². The predicted molar refractivity (Wildman–Crippen MR) is 107 cm³/mol. The zero-order valence-corrected chi connectivity index (χ0v) is 16.0. The number of halogens is 1. The summed E-state index contributed by atoms with van der Waals surface area (Å²) >= 11 is 6.52. The van der Waals surface area contributed by atoms with Crippen LogP contribution in [0, 0.1) is 0 Å². The first-order chi connectivity index (χ1) is 12.9. The lowest BCUT2D eigenvalue weighted by Gasteiger charge is -2.38. The van der Waals surface area contributed by atoms with Gasteiger partial charge in [-0.2, -0.15) is 0 Å². The van der Waals surface area contributed by atoms with E-state index in [0.29, 0.717) is 5.57 Å². The molecule has 0 radical (unpaired) electrons. The summed E-state index contributed by atoms with van der Waals surface area (Å²) < 4.78 is 0. The quantitative estimate of drug-likeness (QED) is 0.584. The topological polar surface area (TPSA) is 69.6 Å². The van der Waals surface area contributed by atoms with Gasteiger partial charge in [-0.15, -0.1) is 0 Å². The SMILES string of the molecule is CCCC1=C(C)C(=O)NC(Cl)N1c1ccccc1-c1ccc(C(=O)O)cc1. The molecule has 1 amide bonds. The first-order valence-corrected chi connectivity index (χ1v) is 9.24. The van der Waals surface area contributed by atoms with Gasteiger partial charge in [-0.05, 0) is 37.1 Å². The molecule has 0 fully saturated rings. The third-order valence-corrected chi connectivity index (χ3v) is 4.94. The highest BCUT2D eigenvalue weighted by Gasteiger charge is 2.31. The maximum atomic E-state index is 12.2. The number of carboxylic acids is 1. The van der Waals surface area contributed by atoms with Crippen LogP contribution < -0.4 is 10.2 Å². The number of benzene rings is 2. The smallest absolute Gasteiger partial charge is 0.335 e. The number of alkyl halides is 1. The molecule has 2 N–H and O–H groups in total. The lowest BCUT2D eigenvalue weighted by molar-refractivity contribution is -0.118. The summed E-state index contributed by atoms with van der Waals surface area (Å²) in [5.41, 5.74) is 3.76. The van der Waals surface area contributed by atoms with Crippen molar-refractivity contribution >= 4 is 29.2 Å². The van der Waals surface area contributed by atoms with Crippen molar-refractivity contribution in [1.82, 2.24) is 5.32 Å². The van der Waals surface area contributed by atoms with Gasteiger partial charge in [-0.1, -0.05) is 55.3 Å². The molecule has 1 atom stereocenters. The molecule has 6 heteroatoms. The van der Waals surface area contributed by atoms with Crippen LogP contribution in [0.25, 0.3) is 11.1 Å². The number of rotatable bonds is 5. The molecule has 0 saturated carbocycles. The van der Waals surface area contributed by atoms with Crippen molar-refractivity contribution < 1.29 is 14.7 Å². The highest BCUT2D eigenvalue weighted by molar-refractivity contribution is 6.24. The van der Waals surface area contributed by atoms with Gasteiger partial charge in [-0.3, -0.25) is 4.79 Å². The van der Waals surface area contributed by atoms with Crippen LogP contribution in [0.15, 0.2) is 59.8 Å². The highest BCUT2D eigenvalue weighted by Crippen LogP contribution is 2.37. The van der Waals surface area contributed by atoms with Crippen LogP contribution in [-0.2, 0) is 4.79 Å². The van der Waals surface area contributed by atoms with Gasteiger partial charge in [0.05, 0.1) is 11.3 Å². The lowest BCUT2D eigenvalue weighted by atomic mass is 9.99. The first-order valence-electron chi connectivity index (χ1n) is 8.80. The van der Waals surface area contributed by atoms with E-state index in [2.05, 4.69) is 12.2 Å². The Kier molecular flexibility index (Phi) is 5.51. The van der Waals surface area contributed by atoms with Crippen molar-refractivity contribution in [3.63, 3.8) is 0 Å². The molecule has 0 spiro atoms. The first kappa shape index (κ1) is 19.0. The van der Waals surface area contributed by atoms with Crippen molar-refractivity contribution in [1.29, 1.82) is 0 Å². The number of para-hydroxylation sites is 1. The Morgan fingerprint density at radius 2 is 1.85 bits per heavy atom. The second kappa shape index (κ2) is 7.84. The lowest BCUT2D eigenvalue weighted by Crippen LogP contribution is -2.50. The molecule has 0 saturated heterocycles. The average Bonchev–Trinajstić information content (AvgIpc) is 2.66. The molecule has 140 valence electrons. The maximum absolute atomic E-state index is 12.2. The average molecular weight is 385 g/mol. The fourth-order valence-electron chi connectivity index (χ4n) is 3.26. The molecule has 3 rings (SSSR count). The van der Waals surface area contributed by atoms with Crippen molar-refractivity contribution in [2.75, 3.05) is 4.90 Å². The van der Waals surface area contributed by atoms with Gasteiger partial charge >= 0.3 is 5.97 Å². The summed E-state index contributed by atoms with van der Waals surface area (Å²) in [6, 6.07) is 14.5. The van der Waals surface area contributed by atoms with Gasteiger partial charge in [0, 0.05) is 16.8 Å². The molecule has 0 bridgehead atoms. The van der Waals surface area contributed by atoms with Crippen LogP contribution in [0.4, 0.5) is 5.69 Å². The van der Waals surface area contributed by atoms with Gasteiger partial charge < -0.3 is 15.3 Å². The van der Waals surface area contributed by atoms with Crippen LogP contribution in [0.5, 0.6) is 0 Å². The summed E-state index contributed by atoms with van der Waals surface area (Å²) in [5, 5.41) is 11.9. The van der Waals surface area contributed by atoms with Crippen molar-refractivity contribution in [3.05, 3.63) is 65.4 Å². The number of carbonyl (C=O) groups excluding carboxylic acids is 1. The Labute approximate surface area is 163 Å². The van der Waals surface area contributed by atoms with E-state index in [-0.39, 0.29) is 11.5 Å². The second-order valence-corrected chi connectivity index (χ2v) is 6.81. The van der Waals surface area contributed by atoms with Gasteiger partial charge in [0.25, 0.3) is 5.91 Å². The Bertz CT molecular complexity index is 906. The number of hydrogen-bond acceptors (Lipinski definition) is 3. The van der Waals surface area contributed by atoms with Crippen LogP contribution in [0.2, 0.25) is 0 Å². The van der Waals surface area contributed by atoms with E-state index in [1.54, 1.807) is 31.2 Å². The second-order valence-electron chi connectivity index (χ2n) is 6.40. The molecule has 0 aliphatic carbocycles. The Morgan fingerprint density at radius 1 is 1.19 bits per heavy atom. The number of anilines is 1. The van der Waals surface area contributed by atoms with E-state index in [1.165, 1.54) is 0 Å². The van der Waals surface area contributed by atoms with Crippen LogP contribution >= 0.6 is 11.6 Å². The molecule has 1 unspecified atom stereocenters. The third-order valence-electron chi connectivity index (χ3n) is 4.63. The van der Waals surface area contributed by atoms with E-state index >= 15 is 0 Å². The molecule has 1 aliphatic rings. The van der Waals surface area contributed by atoms with Gasteiger partial charge in [0.15, 0.2) is 5.62 Å². The van der Waals surface area contributed by atoms with Crippen molar-refractivity contribution in [3.8, 4) is 11.1 Å². The molecule has 5 nitrogen and oxygen atoms in total. The molecule has 27 heavy (non-hydrogen) atoms. The monoisotopic (exact) mass is 384 g/mol. The predicted octanol–water partition coefficient (Wildman–Crippen LogP) is 4.58. The van der Waals surface area contributed by atoms with E-state index in [1.807, 2.05) is 29.2 Å². The zero-order valence-electron chi connectivity index (χ0n) is 15.2. The van der Waals surface area contributed by atoms with Crippen LogP contribution in [0.3, 0.4) is 0 Å². The largest absolute Gasteiger partial charge is 0.478 e. The number of carbonyl (C=O) groups is 2. The summed E-state index contributed by atoms with van der Waals surface area (Å²) in [5.74, 6) is -1.11. The fraction of sp³-hybridized carbons (Fsp3) is 0.238. The van der Waals surface area contributed by atoms with Crippen molar-refractivity contribution in [2.45, 2.75) is 32.3 Å². The fourth-order valence-corrected chi connectivity index (χ4v) is 3.58. The summed E-state index contributed by atoms with van der Waals surface area (Å²) in [6.07, 6.45) is 1.62. The zero-order chi connectivity index (χ0) is 19.6. The number of allylic oxidation sites excluding steroid dienone is 1. The molecular formula is C21H21ClN2O3. The molecule has 2 aromatic carbocycles. The standard InChI is InChI=1S/C21H21ClN2O3/c1-3-6-17-13(2)19(25)23-21(22)24(17)18-8-5-4-7-16(18)14-9-11-15(12-10-14)20(26)27/h4-5,7-12,21H,3,6H2,1-2H3,(H,23,25)(H,26,27). The third kappa shape index (κ3) is 3.69. The minimum absolute atomic E-state index is 0.155. The molecule has 1 aliphatic heterocycles. The normalized spacial score (nSPS) is 17.1. The number of nitrogens with one attached hydrogen (secondary N) is 1. The number of carboxylic acid groups (broad SMARTS) is 1. The number of nitrogens with zero attached hydrogens (tertiary/aromatic N) is 1. The van der Waals surface area contributed by atoms with Crippen LogP contribution in [-0.4, -0.2) is 22.6 Å². The van der Waals surface area contributed by atoms with E-state index < -0.39 is 11.6 Å². The minimum Gasteiger partial charge on any atom is -0.478 e. The van der Waals surface area contributed by atoms with Gasteiger partial charge in [0.2, 0.25) is 0 Å². The van der Waals surface area contributed by atoms with Gasteiger partial charge in [-0.25, -0.2) is 4.79 Å². The Morgan fingerprint density at radius 3 is 2.48 bits per heavy atom. The number of amides is 1. The molecule has 0 aromatic heterocycles. The molecule has 1 heterocycles. The molecule has 2 aromatic rings. The summed E-state index contributed by atoms with van der Waals surface area (Å²) in [7, 11) is 0. The number of aromatic carboxylic acids is 1. The minimum atomic E-state index is -0.960. The summed E-state index contributed by atoms with van der Waals surface area (Å²) in [4.78, 5) is 25.2. The van der Waals surface area contributed by atoms with Gasteiger partial charge in [0.1, 0.15) is 0 Å². The van der Waals surface area contributed by atoms with E-state index in [0.717, 1.165) is 35.4 Å². The highest BCUT2D eigenvalue weighted by atomic mass is 35.5. The summed E-state index contributed by atoms with van der Waals surface area (Å²) in [6.45, 7) is 3.87. The van der Waals surface area contributed by atoms with Crippen LogP contribution in [0.1, 0.15) is 37.0 Å².